The molecule has 2 fully saturated rings. The van der Waals surface area contributed by atoms with Crippen LogP contribution in [0.1, 0.15) is 77.7 Å². The molecule has 1 aliphatic heterocycles. The number of hydrogen-bond acceptors (Lipinski definition) is 3. The van der Waals surface area contributed by atoms with E-state index in [0.717, 1.165) is 24.8 Å². The summed E-state index contributed by atoms with van der Waals surface area (Å²) in [4.78, 5) is 5.25. The molecule has 3 rings (SSSR count). The summed E-state index contributed by atoms with van der Waals surface area (Å²) >= 11 is 0. The van der Waals surface area contributed by atoms with Gasteiger partial charge in [-0.25, -0.2) is 0 Å². The molecule has 0 spiro atoms. The van der Waals surface area contributed by atoms with Crippen LogP contribution in [-0.4, -0.2) is 44.7 Å². The van der Waals surface area contributed by atoms with E-state index in [1.807, 2.05) is 0 Å². The van der Waals surface area contributed by atoms with Crippen molar-refractivity contribution >= 4 is 5.69 Å². The number of nitrogens with zero attached hydrogens (tertiary/aromatic N) is 2. The van der Waals surface area contributed by atoms with Crippen LogP contribution in [0.4, 0.5) is 5.69 Å². The number of benzene rings is 1. The largest absolute Gasteiger partial charge is 0.497 e. The van der Waals surface area contributed by atoms with Gasteiger partial charge in [0.2, 0.25) is 0 Å². The van der Waals surface area contributed by atoms with Gasteiger partial charge in [0, 0.05) is 37.9 Å². The van der Waals surface area contributed by atoms with Gasteiger partial charge in [-0.2, -0.15) is 0 Å². The third-order valence-corrected chi connectivity index (χ3v) is 7.17. The Morgan fingerprint density at radius 1 is 1.00 bits per heavy atom. The van der Waals surface area contributed by atoms with Crippen molar-refractivity contribution < 1.29 is 4.74 Å². The molecule has 0 aromatic heterocycles. The highest BCUT2D eigenvalue weighted by Gasteiger charge is 2.32. The Morgan fingerprint density at radius 3 is 2.25 bits per heavy atom. The Hall–Kier alpha value is -1.22. The van der Waals surface area contributed by atoms with Crippen LogP contribution < -0.4 is 9.64 Å². The molecule has 0 unspecified atom stereocenters. The molecular formula is C25H42N2O. The maximum Gasteiger partial charge on any atom is 0.120 e. The van der Waals surface area contributed by atoms with E-state index in [0.29, 0.717) is 11.3 Å². The molecule has 1 aromatic rings. The summed E-state index contributed by atoms with van der Waals surface area (Å²) in [6.45, 7) is 15.4. The van der Waals surface area contributed by atoms with E-state index < -0.39 is 0 Å². The molecular weight excluding hydrogens is 344 g/mol. The van der Waals surface area contributed by atoms with Crippen molar-refractivity contribution in [3.05, 3.63) is 23.8 Å². The molecule has 0 N–H and O–H groups in total. The van der Waals surface area contributed by atoms with E-state index in [2.05, 4.69) is 55.7 Å². The smallest absolute Gasteiger partial charge is 0.120 e. The fourth-order valence-corrected chi connectivity index (χ4v) is 5.13. The second kappa shape index (κ2) is 9.52. The molecule has 3 heteroatoms. The van der Waals surface area contributed by atoms with Crippen LogP contribution in [0.3, 0.4) is 0 Å². The Labute approximate surface area is 173 Å². The Morgan fingerprint density at radius 2 is 1.68 bits per heavy atom. The van der Waals surface area contributed by atoms with Gasteiger partial charge in [-0.1, -0.05) is 40.2 Å². The Bertz CT molecular complexity index is 605. The molecule has 158 valence electrons. The maximum absolute atomic E-state index is 5.59. The van der Waals surface area contributed by atoms with Crippen LogP contribution >= 0.6 is 0 Å². The number of rotatable bonds is 6. The summed E-state index contributed by atoms with van der Waals surface area (Å²) in [5, 5.41) is 0. The second-order valence-electron chi connectivity index (χ2n) is 10.0. The van der Waals surface area contributed by atoms with E-state index in [1.165, 1.54) is 63.8 Å². The minimum Gasteiger partial charge on any atom is -0.497 e. The van der Waals surface area contributed by atoms with Gasteiger partial charge in [0.25, 0.3) is 0 Å². The fraction of sp³-hybridized carbons (Fsp3) is 0.760. The molecule has 1 aliphatic carbocycles. The number of ether oxygens (including phenoxy) is 1. The number of piperazine rings is 1. The first-order chi connectivity index (χ1) is 13.4. The number of methoxy groups -OCH3 is 1. The van der Waals surface area contributed by atoms with Crippen molar-refractivity contribution in [2.75, 3.05) is 44.7 Å². The topological polar surface area (TPSA) is 15.7 Å². The van der Waals surface area contributed by atoms with Crippen molar-refractivity contribution in [2.45, 2.75) is 72.1 Å². The minimum absolute atomic E-state index is 0.447. The lowest BCUT2D eigenvalue weighted by Crippen LogP contribution is -2.47. The first kappa shape index (κ1) is 21.5. The molecule has 0 radical (unpaired) electrons. The van der Waals surface area contributed by atoms with Gasteiger partial charge < -0.3 is 9.64 Å². The number of hydrogen-bond donors (Lipinski definition) is 0. The van der Waals surface area contributed by atoms with Gasteiger partial charge in [-0.05, 0) is 67.5 Å². The molecule has 28 heavy (non-hydrogen) atoms. The highest BCUT2D eigenvalue weighted by atomic mass is 16.5. The predicted octanol–water partition coefficient (Wildman–Crippen LogP) is 5.94. The van der Waals surface area contributed by atoms with E-state index in [4.69, 9.17) is 4.74 Å². The molecule has 0 bridgehead atoms. The fourth-order valence-electron chi connectivity index (χ4n) is 5.13. The molecule has 1 saturated heterocycles. The summed E-state index contributed by atoms with van der Waals surface area (Å²) in [5.74, 6) is 2.57. The zero-order valence-electron chi connectivity index (χ0n) is 19.0. The standard InChI is InChI=1S/C25H42N2O/c1-6-7-14-26-15-17-27(18-16-26)24-19-22(28-5)12-13-23(24)20-8-10-21(11-9-20)25(2,3)4/h12-13,19-21H,6-11,14-18H2,1-5H3. The van der Waals surface area contributed by atoms with Gasteiger partial charge in [-0.3, -0.25) is 4.90 Å². The van der Waals surface area contributed by atoms with E-state index in [-0.39, 0.29) is 0 Å². The molecule has 2 aliphatic rings. The SMILES string of the molecule is CCCCN1CCN(c2cc(OC)ccc2C2CCC(C(C)(C)C)CC2)CC1. The van der Waals surface area contributed by atoms with Crippen LogP contribution in [-0.2, 0) is 0 Å². The first-order valence-corrected chi connectivity index (χ1v) is 11.6. The van der Waals surface area contributed by atoms with Gasteiger partial charge in [0.05, 0.1) is 7.11 Å². The number of unbranched alkanes of at least 4 members (excludes halogenated alkanes) is 1. The lowest BCUT2D eigenvalue weighted by molar-refractivity contribution is 0.169. The predicted molar refractivity (Wildman–Crippen MR) is 121 cm³/mol. The number of anilines is 1. The average molecular weight is 387 g/mol. The molecule has 1 heterocycles. The normalized spacial score (nSPS) is 24.4. The van der Waals surface area contributed by atoms with Crippen molar-refractivity contribution in [1.82, 2.24) is 4.90 Å². The average Bonchev–Trinajstić information content (AvgIpc) is 2.71. The molecule has 0 atom stereocenters. The van der Waals surface area contributed by atoms with Crippen molar-refractivity contribution in [3.63, 3.8) is 0 Å². The minimum atomic E-state index is 0.447. The highest BCUT2D eigenvalue weighted by Crippen LogP contribution is 2.45. The van der Waals surface area contributed by atoms with Gasteiger partial charge in [-0.15, -0.1) is 0 Å². The monoisotopic (exact) mass is 386 g/mol. The van der Waals surface area contributed by atoms with Gasteiger partial charge in [0.1, 0.15) is 5.75 Å². The van der Waals surface area contributed by atoms with E-state index >= 15 is 0 Å². The Kier molecular flexibility index (Phi) is 7.31. The van der Waals surface area contributed by atoms with Crippen molar-refractivity contribution in [3.8, 4) is 5.75 Å². The van der Waals surface area contributed by atoms with Crippen LogP contribution in [0.15, 0.2) is 18.2 Å². The van der Waals surface area contributed by atoms with Gasteiger partial charge >= 0.3 is 0 Å². The molecule has 1 aromatic carbocycles. The lowest BCUT2D eigenvalue weighted by Gasteiger charge is -2.40. The summed E-state index contributed by atoms with van der Waals surface area (Å²) in [6.07, 6.45) is 8.00. The molecule has 1 saturated carbocycles. The maximum atomic E-state index is 5.59. The first-order valence-electron chi connectivity index (χ1n) is 11.6. The summed E-state index contributed by atoms with van der Waals surface area (Å²) in [7, 11) is 1.79. The van der Waals surface area contributed by atoms with Crippen LogP contribution in [0, 0.1) is 11.3 Å². The van der Waals surface area contributed by atoms with E-state index in [9.17, 15) is 0 Å². The van der Waals surface area contributed by atoms with Crippen LogP contribution in [0.5, 0.6) is 5.75 Å². The summed E-state index contributed by atoms with van der Waals surface area (Å²) in [5.41, 5.74) is 3.45. The van der Waals surface area contributed by atoms with Crippen molar-refractivity contribution in [1.29, 1.82) is 0 Å². The second-order valence-corrected chi connectivity index (χ2v) is 10.0. The third-order valence-electron chi connectivity index (χ3n) is 7.17. The highest BCUT2D eigenvalue weighted by molar-refractivity contribution is 5.59. The zero-order valence-corrected chi connectivity index (χ0v) is 19.0. The van der Waals surface area contributed by atoms with Crippen molar-refractivity contribution in [2.24, 2.45) is 11.3 Å². The van der Waals surface area contributed by atoms with Crippen LogP contribution in [0.2, 0.25) is 0 Å². The molecule has 3 nitrogen and oxygen atoms in total. The Balaban J connectivity index is 1.71. The zero-order chi connectivity index (χ0) is 20.1. The lowest BCUT2D eigenvalue weighted by atomic mass is 9.68. The third kappa shape index (κ3) is 5.23. The van der Waals surface area contributed by atoms with Gasteiger partial charge in [0.15, 0.2) is 0 Å². The van der Waals surface area contributed by atoms with E-state index in [1.54, 1.807) is 12.7 Å². The van der Waals surface area contributed by atoms with Crippen LogP contribution in [0.25, 0.3) is 0 Å². The molecule has 0 amide bonds. The quantitative estimate of drug-likeness (QED) is 0.602. The summed E-state index contributed by atoms with van der Waals surface area (Å²) in [6, 6.07) is 6.83. The summed E-state index contributed by atoms with van der Waals surface area (Å²) < 4.78 is 5.59.